The maximum absolute atomic E-state index is 6.33. The third kappa shape index (κ3) is 6.35. The first-order valence-corrected chi connectivity index (χ1v) is 10.9. The number of likely N-dealkylation sites (N-methyl/N-ethyl adjacent to an activating group) is 2. The minimum absolute atomic E-state index is 0.248. The van der Waals surface area contributed by atoms with Crippen LogP contribution in [0.25, 0.3) is 0 Å². The molecule has 4 heteroatoms. The van der Waals surface area contributed by atoms with Crippen LogP contribution in [0.4, 0.5) is 0 Å². The van der Waals surface area contributed by atoms with E-state index in [0.717, 1.165) is 33.6 Å². The first kappa shape index (κ1) is 22.4. The fraction of sp³-hybridized carbons (Fsp3) is 0.462. The van der Waals surface area contributed by atoms with Crippen molar-refractivity contribution in [3.05, 3.63) is 71.9 Å². The number of hydrogen-bond donors (Lipinski definition) is 0. The lowest BCUT2D eigenvalue weighted by Crippen LogP contribution is -2.38. The monoisotopic (exact) mass is 410 g/mol. The summed E-state index contributed by atoms with van der Waals surface area (Å²) in [4.78, 5) is 0. The minimum Gasteiger partial charge on any atom is -0.487 e. The van der Waals surface area contributed by atoms with E-state index in [-0.39, 0.29) is 11.8 Å². The molecule has 0 saturated carbocycles. The Morgan fingerprint density at radius 1 is 0.600 bits per heavy atom. The molecule has 0 fully saturated rings. The Bertz CT molecular complexity index is 760. The Morgan fingerprint density at radius 2 is 0.967 bits per heavy atom. The third-order valence-electron chi connectivity index (χ3n) is 5.40. The lowest BCUT2D eigenvalue weighted by Gasteiger charge is -2.26. The van der Waals surface area contributed by atoms with Crippen LogP contribution in [0.5, 0.6) is 11.5 Å². The highest BCUT2D eigenvalue weighted by atomic mass is 16.5. The van der Waals surface area contributed by atoms with Gasteiger partial charge in [-0.3, -0.25) is 0 Å². The fourth-order valence-corrected chi connectivity index (χ4v) is 3.50. The van der Waals surface area contributed by atoms with Crippen LogP contribution in [0.3, 0.4) is 0 Å². The van der Waals surface area contributed by atoms with Gasteiger partial charge in [-0.15, -0.1) is 0 Å². The zero-order chi connectivity index (χ0) is 21.8. The van der Waals surface area contributed by atoms with Crippen LogP contribution in [0.1, 0.15) is 23.0 Å². The van der Waals surface area contributed by atoms with Gasteiger partial charge in [0, 0.05) is 29.0 Å². The normalized spacial score (nSPS) is 16.7. The van der Waals surface area contributed by atoms with Gasteiger partial charge in [-0.05, 0) is 6.07 Å². The van der Waals surface area contributed by atoms with Crippen molar-refractivity contribution in [2.24, 2.45) is 0 Å². The van der Waals surface area contributed by atoms with Crippen LogP contribution >= 0.6 is 0 Å². The quantitative estimate of drug-likeness (QED) is 0.536. The smallest absolute Gasteiger partial charge is 0.137 e. The SMILES string of the molecule is C[N+](C)(C)CCOc1cc(OCC[N+](C)(C)C)c(C2C=CC=C2)cc1C1C=CC=C1. The molecule has 3 rings (SSSR count). The molecule has 0 aromatic heterocycles. The highest BCUT2D eigenvalue weighted by Gasteiger charge is 2.22. The maximum Gasteiger partial charge on any atom is 0.137 e. The molecule has 0 bridgehead atoms. The summed E-state index contributed by atoms with van der Waals surface area (Å²) in [5, 5.41) is 0. The largest absolute Gasteiger partial charge is 0.487 e. The average Bonchev–Trinajstić information content (AvgIpc) is 3.34. The second-order valence-corrected chi connectivity index (χ2v) is 10.2. The van der Waals surface area contributed by atoms with Crippen LogP contribution in [0.15, 0.2) is 60.7 Å². The Balaban J connectivity index is 1.92. The Hall–Kier alpha value is -2.30. The predicted octanol–water partition coefficient (Wildman–Crippen LogP) is 4.28. The summed E-state index contributed by atoms with van der Waals surface area (Å²) in [6.07, 6.45) is 17.4. The zero-order valence-electron chi connectivity index (χ0n) is 19.5. The van der Waals surface area contributed by atoms with E-state index in [1.165, 1.54) is 11.1 Å². The van der Waals surface area contributed by atoms with E-state index < -0.39 is 0 Å². The van der Waals surface area contributed by atoms with Crippen LogP contribution in [0.2, 0.25) is 0 Å². The van der Waals surface area contributed by atoms with Crippen molar-refractivity contribution in [3.63, 3.8) is 0 Å². The van der Waals surface area contributed by atoms with Crippen molar-refractivity contribution in [1.29, 1.82) is 0 Å². The summed E-state index contributed by atoms with van der Waals surface area (Å²) >= 11 is 0. The number of allylic oxidation sites excluding steroid dienone is 8. The molecule has 4 nitrogen and oxygen atoms in total. The van der Waals surface area contributed by atoms with Gasteiger partial charge >= 0.3 is 0 Å². The third-order valence-corrected chi connectivity index (χ3v) is 5.40. The Kier molecular flexibility index (Phi) is 6.89. The first-order valence-electron chi connectivity index (χ1n) is 10.9. The van der Waals surface area contributed by atoms with E-state index in [4.69, 9.17) is 9.47 Å². The van der Waals surface area contributed by atoms with Crippen molar-refractivity contribution in [2.75, 3.05) is 68.6 Å². The standard InChI is InChI=1S/C26H38N2O2/c1-27(2,3)15-17-29-25-20-26(30-18-16-28(4,5)6)24(22-13-9-10-14-22)19-23(25)21-11-7-8-12-21/h7-14,19-22H,15-18H2,1-6H3/q+2. The molecule has 0 spiro atoms. The molecule has 162 valence electrons. The van der Waals surface area contributed by atoms with Crippen molar-refractivity contribution in [2.45, 2.75) is 11.8 Å². The van der Waals surface area contributed by atoms with Gasteiger partial charge < -0.3 is 18.4 Å². The molecule has 2 aliphatic rings. The number of nitrogens with zero attached hydrogens (tertiary/aromatic N) is 2. The van der Waals surface area contributed by atoms with Crippen molar-refractivity contribution >= 4 is 0 Å². The fourth-order valence-electron chi connectivity index (χ4n) is 3.50. The Morgan fingerprint density at radius 3 is 1.30 bits per heavy atom. The molecule has 0 heterocycles. The second-order valence-electron chi connectivity index (χ2n) is 10.2. The predicted molar refractivity (Wildman–Crippen MR) is 125 cm³/mol. The van der Waals surface area contributed by atoms with Gasteiger partial charge in [0.05, 0.1) is 42.3 Å². The molecule has 2 aliphatic carbocycles. The van der Waals surface area contributed by atoms with Gasteiger partial charge in [0.15, 0.2) is 0 Å². The minimum atomic E-state index is 0.248. The Labute approximate surface area is 182 Å². The summed E-state index contributed by atoms with van der Waals surface area (Å²) in [7, 11) is 13.1. The number of rotatable bonds is 10. The number of ether oxygens (including phenoxy) is 2. The number of benzene rings is 1. The molecule has 0 aliphatic heterocycles. The summed E-state index contributed by atoms with van der Waals surface area (Å²) in [5.41, 5.74) is 2.42. The van der Waals surface area contributed by atoms with E-state index in [1.54, 1.807) is 0 Å². The van der Waals surface area contributed by atoms with Gasteiger partial charge in [-0.1, -0.05) is 48.6 Å². The lowest BCUT2D eigenvalue weighted by atomic mass is 9.92. The molecular formula is C26H38N2O2+2. The van der Waals surface area contributed by atoms with Crippen LogP contribution < -0.4 is 9.47 Å². The molecule has 0 amide bonds. The average molecular weight is 411 g/mol. The van der Waals surface area contributed by atoms with Crippen LogP contribution in [0, 0.1) is 0 Å². The van der Waals surface area contributed by atoms with E-state index in [1.807, 2.05) is 0 Å². The topological polar surface area (TPSA) is 18.5 Å². The van der Waals surface area contributed by atoms with E-state index in [0.29, 0.717) is 13.2 Å². The lowest BCUT2D eigenvalue weighted by molar-refractivity contribution is -0.870. The number of hydrogen-bond acceptors (Lipinski definition) is 2. The second kappa shape index (κ2) is 9.23. The molecule has 0 N–H and O–H groups in total. The van der Waals surface area contributed by atoms with Crippen LogP contribution in [-0.4, -0.2) is 77.6 Å². The van der Waals surface area contributed by atoms with Gasteiger partial charge in [0.1, 0.15) is 37.8 Å². The van der Waals surface area contributed by atoms with E-state index in [9.17, 15) is 0 Å². The van der Waals surface area contributed by atoms with E-state index in [2.05, 4.69) is 103 Å². The van der Waals surface area contributed by atoms with E-state index >= 15 is 0 Å². The highest BCUT2D eigenvalue weighted by Crippen LogP contribution is 2.41. The van der Waals surface area contributed by atoms with Crippen LogP contribution in [-0.2, 0) is 0 Å². The molecule has 0 saturated heterocycles. The van der Waals surface area contributed by atoms with Gasteiger partial charge in [-0.2, -0.15) is 0 Å². The molecule has 1 aromatic rings. The van der Waals surface area contributed by atoms with Gasteiger partial charge in [0.2, 0.25) is 0 Å². The molecular weight excluding hydrogens is 372 g/mol. The molecule has 30 heavy (non-hydrogen) atoms. The zero-order valence-corrected chi connectivity index (χ0v) is 19.5. The first-order chi connectivity index (χ1) is 14.1. The molecule has 1 aromatic carbocycles. The highest BCUT2D eigenvalue weighted by molar-refractivity contribution is 5.55. The molecule has 0 unspecified atom stereocenters. The van der Waals surface area contributed by atoms with Crippen molar-refractivity contribution in [3.8, 4) is 11.5 Å². The summed E-state index contributed by atoms with van der Waals surface area (Å²) in [6.45, 7) is 3.25. The van der Waals surface area contributed by atoms with Crippen molar-refractivity contribution < 1.29 is 18.4 Å². The van der Waals surface area contributed by atoms with Crippen molar-refractivity contribution in [1.82, 2.24) is 0 Å². The molecule has 0 atom stereocenters. The molecule has 0 radical (unpaired) electrons. The summed E-state index contributed by atoms with van der Waals surface area (Å²) in [5.74, 6) is 2.36. The maximum atomic E-state index is 6.33. The summed E-state index contributed by atoms with van der Waals surface area (Å²) in [6, 6.07) is 4.41. The summed E-state index contributed by atoms with van der Waals surface area (Å²) < 4.78 is 14.4. The van der Waals surface area contributed by atoms with Gasteiger partial charge in [-0.25, -0.2) is 0 Å². The number of quaternary nitrogens is 2. The van der Waals surface area contributed by atoms with Gasteiger partial charge in [0.25, 0.3) is 0 Å².